The van der Waals surface area contributed by atoms with Gasteiger partial charge in [-0.1, -0.05) is 36.2 Å². The van der Waals surface area contributed by atoms with Gasteiger partial charge in [-0.15, -0.1) is 0 Å². The normalized spacial score (nSPS) is 12.6. The lowest BCUT2D eigenvalue weighted by molar-refractivity contribution is -0.144. The van der Waals surface area contributed by atoms with E-state index in [0.29, 0.717) is 12.0 Å². The minimum Gasteiger partial charge on any atom is -0.468 e. The molecule has 0 spiro atoms. The molecule has 0 aliphatic heterocycles. The molecule has 1 aromatic carbocycles. The maximum atomic E-state index is 13.9. The maximum Gasteiger partial charge on any atom is 0.408 e. The lowest BCUT2D eigenvalue weighted by atomic mass is 9.97. The highest BCUT2D eigenvalue weighted by atomic mass is 16.6. The average molecular weight is 521 g/mol. The number of carbonyl (C=O) groups is 5. The van der Waals surface area contributed by atoms with Gasteiger partial charge >= 0.3 is 12.1 Å². The molecule has 4 N–H and O–H groups in total. The van der Waals surface area contributed by atoms with Crippen LogP contribution in [0.1, 0.15) is 69.7 Å². The van der Waals surface area contributed by atoms with E-state index in [0.717, 1.165) is 11.1 Å². The van der Waals surface area contributed by atoms with Gasteiger partial charge in [0.2, 0.25) is 17.7 Å². The summed E-state index contributed by atoms with van der Waals surface area (Å²) in [6.07, 6.45) is -0.608. The third-order valence-corrected chi connectivity index (χ3v) is 5.17. The molecule has 0 heterocycles. The Morgan fingerprint density at radius 1 is 1.05 bits per heavy atom. The van der Waals surface area contributed by atoms with Crippen molar-refractivity contribution < 1.29 is 33.4 Å². The van der Waals surface area contributed by atoms with Crippen LogP contribution >= 0.6 is 0 Å². The number of esters is 1. The van der Waals surface area contributed by atoms with Crippen LogP contribution in [-0.4, -0.2) is 66.5 Å². The molecule has 11 nitrogen and oxygen atoms in total. The quantitative estimate of drug-likeness (QED) is 0.356. The van der Waals surface area contributed by atoms with Crippen molar-refractivity contribution in [3.63, 3.8) is 0 Å². The SMILES string of the molecule is CCCN(C(=O)C(CCC(N)=O)NC(=O)OC(C)(C)C)C(C(=O)NCC(=O)OC)c1cc(C)cc(C)c1. The first-order valence-corrected chi connectivity index (χ1v) is 12.2. The number of ether oxygens (including phenoxy) is 2. The van der Waals surface area contributed by atoms with Gasteiger partial charge in [-0.3, -0.25) is 19.2 Å². The Morgan fingerprint density at radius 3 is 2.14 bits per heavy atom. The summed E-state index contributed by atoms with van der Waals surface area (Å²) in [5.74, 6) is -2.48. The summed E-state index contributed by atoms with van der Waals surface area (Å²) in [5, 5.41) is 5.06. The number of hydrogen-bond donors (Lipinski definition) is 3. The number of benzene rings is 1. The van der Waals surface area contributed by atoms with Crippen molar-refractivity contribution in [1.82, 2.24) is 15.5 Å². The van der Waals surface area contributed by atoms with Gasteiger partial charge in [-0.2, -0.15) is 0 Å². The molecular formula is C26H40N4O7. The minimum absolute atomic E-state index is 0.0863. The van der Waals surface area contributed by atoms with Crippen LogP contribution in [0.4, 0.5) is 4.79 Å². The highest BCUT2D eigenvalue weighted by Crippen LogP contribution is 2.26. The van der Waals surface area contributed by atoms with Crippen LogP contribution in [0.2, 0.25) is 0 Å². The van der Waals surface area contributed by atoms with Gasteiger partial charge in [-0.05, 0) is 53.0 Å². The molecule has 37 heavy (non-hydrogen) atoms. The zero-order valence-corrected chi connectivity index (χ0v) is 22.8. The van der Waals surface area contributed by atoms with Crippen LogP contribution in [0.25, 0.3) is 0 Å². The second-order valence-corrected chi connectivity index (χ2v) is 9.85. The molecule has 0 saturated carbocycles. The first-order valence-electron chi connectivity index (χ1n) is 12.2. The number of primary amides is 1. The van der Waals surface area contributed by atoms with Crippen LogP contribution in [0.5, 0.6) is 0 Å². The summed E-state index contributed by atoms with van der Waals surface area (Å²) in [6.45, 7) is 10.4. The fourth-order valence-electron chi connectivity index (χ4n) is 3.77. The Labute approximate surface area is 218 Å². The van der Waals surface area contributed by atoms with Crippen molar-refractivity contribution in [1.29, 1.82) is 0 Å². The number of methoxy groups -OCH3 is 1. The summed E-state index contributed by atoms with van der Waals surface area (Å²) in [4.78, 5) is 64.3. The van der Waals surface area contributed by atoms with Crippen LogP contribution < -0.4 is 16.4 Å². The number of nitrogens with one attached hydrogen (secondary N) is 2. The summed E-state index contributed by atoms with van der Waals surface area (Å²) in [7, 11) is 1.20. The molecule has 0 radical (unpaired) electrons. The molecule has 1 rings (SSSR count). The van der Waals surface area contributed by atoms with E-state index in [1.54, 1.807) is 32.9 Å². The predicted octanol–water partition coefficient (Wildman–Crippen LogP) is 2.03. The molecule has 11 heteroatoms. The van der Waals surface area contributed by atoms with E-state index in [1.807, 2.05) is 26.8 Å². The molecule has 0 saturated heterocycles. The number of alkyl carbamates (subject to hydrolysis) is 1. The first kappa shape index (κ1) is 31.4. The highest BCUT2D eigenvalue weighted by Gasteiger charge is 2.36. The van der Waals surface area contributed by atoms with Crippen molar-refractivity contribution >= 4 is 29.8 Å². The van der Waals surface area contributed by atoms with Gasteiger partial charge in [0, 0.05) is 13.0 Å². The third kappa shape index (κ3) is 10.9. The molecule has 0 aliphatic carbocycles. The van der Waals surface area contributed by atoms with Gasteiger partial charge in [0.05, 0.1) is 7.11 Å². The summed E-state index contributed by atoms with van der Waals surface area (Å²) in [6, 6.07) is 3.19. The number of hydrogen-bond acceptors (Lipinski definition) is 7. The molecular weight excluding hydrogens is 480 g/mol. The van der Waals surface area contributed by atoms with Gasteiger partial charge < -0.3 is 30.7 Å². The van der Waals surface area contributed by atoms with Gasteiger partial charge in [0.15, 0.2) is 0 Å². The number of nitrogens with zero attached hydrogens (tertiary/aromatic N) is 1. The summed E-state index contributed by atoms with van der Waals surface area (Å²) in [5.41, 5.74) is 6.77. The monoisotopic (exact) mass is 520 g/mol. The Kier molecular flexibility index (Phi) is 12.0. The average Bonchev–Trinajstić information content (AvgIpc) is 2.77. The topological polar surface area (TPSA) is 157 Å². The largest absolute Gasteiger partial charge is 0.468 e. The molecule has 0 bridgehead atoms. The molecule has 2 unspecified atom stereocenters. The Morgan fingerprint density at radius 2 is 1.65 bits per heavy atom. The number of nitrogens with two attached hydrogens (primary N) is 1. The van der Waals surface area contributed by atoms with E-state index in [2.05, 4.69) is 15.4 Å². The number of aryl methyl sites for hydroxylation is 2. The summed E-state index contributed by atoms with van der Waals surface area (Å²) < 4.78 is 9.92. The molecule has 206 valence electrons. The van der Waals surface area contributed by atoms with E-state index in [4.69, 9.17) is 10.5 Å². The fraction of sp³-hybridized carbons (Fsp3) is 0.577. The second-order valence-electron chi connectivity index (χ2n) is 9.85. The standard InChI is InChI=1S/C26H40N4O7/c1-8-11-30(24(34)19(9-10-20(27)31)29-25(35)37-26(4,5)6)22(23(33)28-15-21(32)36-7)18-13-16(2)12-17(3)14-18/h12-14,19,22H,8-11,15H2,1-7H3,(H2,27,31)(H,28,33)(H,29,35). The van der Waals surface area contributed by atoms with Gasteiger partial charge in [0.1, 0.15) is 24.2 Å². The van der Waals surface area contributed by atoms with Crippen molar-refractivity contribution in [2.24, 2.45) is 5.73 Å². The molecule has 0 fully saturated rings. The maximum absolute atomic E-state index is 13.9. The molecule has 4 amide bonds. The summed E-state index contributed by atoms with van der Waals surface area (Å²) >= 11 is 0. The van der Waals surface area contributed by atoms with Gasteiger partial charge in [0.25, 0.3) is 0 Å². The molecule has 0 aromatic heterocycles. The van der Waals surface area contributed by atoms with E-state index < -0.39 is 47.5 Å². The lowest BCUT2D eigenvalue weighted by Crippen LogP contribution is -2.53. The van der Waals surface area contributed by atoms with E-state index in [1.165, 1.54) is 12.0 Å². The first-order chi connectivity index (χ1) is 17.2. The number of rotatable bonds is 12. The predicted molar refractivity (Wildman–Crippen MR) is 137 cm³/mol. The van der Waals surface area contributed by atoms with Crippen LogP contribution in [0, 0.1) is 13.8 Å². The van der Waals surface area contributed by atoms with Crippen molar-refractivity contribution in [2.45, 2.75) is 78.5 Å². The fourth-order valence-corrected chi connectivity index (χ4v) is 3.77. The van der Waals surface area contributed by atoms with Crippen LogP contribution in [0.15, 0.2) is 18.2 Å². The van der Waals surface area contributed by atoms with E-state index >= 15 is 0 Å². The van der Waals surface area contributed by atoms with Crippen molar-refractivity contribution in [3.8, 4) is 0 Å². The van der Waals surface area contributed by atoms with Gasteiger partial charge in [-0.25, -0.2) is 4.79 Å². The Balaban J connectivity index is 3.49. The van der Waals surface area contributed by atoms with Crippen LogP contribution in [0.3, 0.4) is 0 Å². The smallest absolute Gasteiger partial charge is 0.408 e. The molecule has 0 aliphatic rings. The second kappa shape index (κ2) is 14.2. The Bertz CT molecular complexity index is 967. The van der Waals surface area contributed by atoms with E-state index in [9.17, 15) is 24.0 Å². The Hall–Kier alpha value is -3.63. The van der Waals surface area contributed by atoms with Crippen molar-refractivity contribution in [2.75, 3.05) is 20.2 Å². The molecule has 1 aromatic rings. The number of amides is 4. The minimum atomic E-state index is -1.18. The van der Waals surface area contributed by atoms with Crippen LogP contribution in [-0.2, 0) is 28.7 Å². The third-order valence-electron chi connectivity index (χ3n) is 5.17. The molecule has 2 atom stereocenters. The lowest BCUT2D eigenvalue weighted by Gasteiger charge is -2.34. The number of carbonyl (C=O) groups excluding carboxylic acids is 5. The zero-order valence-electron chi connectivity index (χ0n) is 22.8. The highest BCUT2D eigenvalue weighted by molar-refractivity contribution is 5.93. The van der Waals surface area contributed by atoms with Crippen molar-refractivity contribution in [3.05, 3.63) is 34.9 Å². The van der Waals surface area contributed by atoms with E-state index in [-0.39, 0.29) is 25.9 Å². The zero-order chi connectivity index (χ0) is 28.3.